The third-order valence-electron chi connectivity index (χ3n) is 4.07. The van der Waals surface area contributed by atoms with Crippen molar-refractivity contribution in [1.29, 1.82) is 0 Å². The van der Waals surface area contributed by atoms with Crippen molar-refractivity contribution < 1.29 is 18.3 Å². The first kappa shape index (κ1) is 17.9. The Morgan fingerprint density at radius 2 is 1.64 bits per heavy atom. The highest BCUT2D eigenvalue weighted by molar-refractivity contribution is 9.10. The largest absolute Gasteiger partial charge is 0.508 e. The quantitative estimate of drug-likeness (QED) is 0.819. The molecule has 0 bridgehead atoms. The van der Waals surface area contributed by atoms with Gasteiger partial charge < -0.3 is 10.0 Å². The van der Waals surface area contributed by atoms with Crippen molar-refractivity contribution in [3.8, 4) is 5.75 Å². The third kappa shape index (κ3) is 3.86. The predicted octanol–water partition coefficient (Wildman–Crippen LogP) is 2.30. The summed E-state index contributed by atoms with van der Waals surface area (Å²) in [4.78, 5) is 14.3. The maximum Gasteiger partial charge on any atom is 0.254 e. The first-order chi connectivity index (χ1) is 11.9. The first-order valence-corrected chi connectivity index (χ1v) is 9.95. The molecule has 1 N–H and O–H groups in total. The topological polar surface area (TPSA) is 77.9 Å². The highest BCUT2D eigenvalue weighted by Crippen LogP contribution is 2.21. The number of benzene rings is 2. The molecule has 6 nitrogen and oxygen atoms in total. The van der Waals surface area contributed by atoms with Crippen molar-refractivity contribution >= 4 is 31.9 Å². The Morgan fingerprint density at radius 3 is 2.24 bits per heavy atom. The highest BCUT2D eigenvalue weighted by atomic mass is 79.9. The van der Waals surface area contributed by atoms with Crippen LogP contribution in [0.15, 0.2) is 57.9 Å². The molecule has 2 aromatic carbocycles. The number of carbonyl (C=O) groups excluding carboxylic acids is 1. The molecule has 1 aliphatic rings. The minimum absolute atomic E-state index is 0.0299. The Labute approximate surface area is 154 Å². The lowest BCUT2D eigenvalue weighted by molar-refractivity contribution is 0.0697. The molecular weight excluding hydrogens is 408 g/mol. The van der Waals surface area contributed by atoms with Crippen molar-refractivity contribution in [2.75, 3.05) is 26.2 Å². The van der Waals surface area contributed by atoms with Gasteiger partial charge in [0.15, 0.2) is 0 Å². The fourth-order valence-corrected chi connectivity index (χ4v) is 4.40. The summed E-state index contributed by atoms with van der Waals surface area (Å²) >= 11 is 3.29. The van der Waals surface area contributed by atoms with E-state index >= 15 is 0 Å². The smallest absolute Gasteiger partial charge is 0.254 e. The minimum Gasteiger partial charge on any atom is -0.508 e. The second-order valence-corrected chi connectivity index (χ2v) is 8.55. The van der Waals surface area contributed by atoms with Crippen molar-refractivity contribution in [2.24, 2.45) is 0 Å². The molecule has 0 radical (unpaired) electrons. The lowest BCUT2D eigenvalue weighted by Crippen LogP contribution is -2.50. The first-order valence-electron chi connectivity index (χ1n) is 7.72. The number of rotatable bonds is 3. The summed E-state index contributed by atoms with van der Waals surface area (Å²) in [5, 5.41) is 9.49. The van der Waals surface area contributed by atoms with Crippen molar-refractivity contribution in [2.45, 2.75) is 4.90 Å². The number of sulfonamides is 1. The van der Waals surface area contributed by atoms with Gasteiger partial charge in [0.2, 0.25) is 10.0 Å². The van der Waals surface area contributed by atoms with Gasteiger partial charge >= 0.3 is 0 Å². The number of nitrogens with zero attached hydrogens (tertiary/aromatic N) is 2. The van der Waals surface area contributed by atoms with Crippen LogP contribution < -0.4 is 0 Å². The van der Waals surface area contributed by atoms with Gasteiger partial charge in [0.1, 0.15) is 5.75 Å². The Balaban J connectivity index is 1.69. The van der Waals surface area contributed by atoms with Gasteiger partial charge in [-0.2, -0.15) is 4.31 Å². The second kappa shape index (κ2) is 7.15. The van der Waals surface area contributed by atoms with Gasteiger partial charge in [0, 0.05) is 36.2 Å². The molecule has 1 heterocycles. The van der Waals surface area contributed by atoms with Crippen LogP contribution in [0.3, 0.4) is 0 Å². The zero-order chi connectivity index (χ0) is 18.0. The number of amides is 1. The molecule has 1 amide bonds. The van der Waals surface area contributed by atoms with E-state index in [0.717, 1.165) is 4.47 Å². The van der Waals surface area contributed by atoms with Crippen molar-refractivity contribution in [3.05, 3.63) is 58.6 Å². The second-order valence-electron chi connectivity index (χ2n) is 5.70. The fraction of sp³-hybridized carbons (Fsp3) is 0.235. The number of phenols is 1. The molecule has 8 heteroatoms. The molecular formula is C17H17BrN2O4S. The van der Waals surface area contributed by atoms with E-state index in [-0.39, 0.29) is 29.6 Å². The van der Waals surface area contributed by atoms with Crippen LogP contribution in [0.25, 0.3) is 0 Å². The highest BCUT2D eigenvalue weighted by Gasteiger charge is 2.30. The predicted molar refractivity (Wildman–Crippen MR) is 96.9 cm³/mol. The number of aromatic hydroxyl groups is 1. The maximum atomic E-state index is 12.7. The van der Waals surface area contributed by atoms with Crippen LogP contribution in [-0.2, 0) is 10.0 Å². The molecule has 1 aliphatic heterocycles. The minimum atomic E-state index is -3.56. The summed E-state index contributed by atoms with van der Waals surface area (Å²) in [6, 6.07) is 12.6. The van der Waals surface area contributed by atoms with Crippen LogP contribution in [-0.4, -0.2) is 54.8 Å². The van der Waals surface area contributed by atoms with Crippen LogP contribution in [0, 0.1) is 0 Å². The molecule has 3 rings (SSSR count). The van der Waals surface area contributed by atoms with Crippen molar-refractivity contribution in [1.82, 2.24) is 9.21 Å². The number of hydrogen-bond donors (Lipinski definition) is 1. The van der Waals surface area contributed by atoms with E-state index in [1.54, 1.807) is 41.3 Å². The molecule has 25 heavy (non-hydrogen) atoms. The summed E-state index contributed by atoms with van der Waals surface area (Å²) in [5.74, 6) is -0.182. The van der Waals surface area contributed by atoms with Gasteiger partial charge in [0.05, 0.1) is 4.90 Å². The number of hydrogen-bond acceptors (Lipinski definition) is 4. The summed E-state index contributed by atoms with van der Waals surface area (Å²) in [5.41, 5.74) is 0.393. The fourth-order valence-electron chi connectivity index (χ4n) is 2.71. The molecule has 0 spiro atoms. The van der Waals surface area contributed by atoms with E-state index in [0.29, 0.717) is 18.7 Å². The van der Waals surface area contributed by atoms with E-state index in [1.807, 2.05) is 0 Å². The maximum absolute atomic E-state index is 12.7. The van der Waals surface area contributed by atoms with E-state index in [2.05, 4.69) is 15.9 Å². The van der Waals surface area contributed by atoms with Crippen LogP contribution >= 0.6 is 15.9 Å². The number of halogens is 1. The van der Waals surface area contributed by atoms with Gasteiger partial charge in [-0.05, 0) is 42.5 Å². The van der Waals surface area contributed by atoms with E-state index in [9.17, 15) is 18.3 Å². The Bertz CT molecular complexity index is 876. The van der Waals surface area contributed by atoms with Gasteiger partial charge in [-0.3, -0.25) is 4.79 Å². The van der Waals surface area contributed by atoms with E-state index in [4.69, 9.17) is 0 Å². The molecule has 0 aliphatic carbocycles. The zero-order valence-corrected chi connectivity index (χ0v) is 15.7. The summed E-state index contributed by atoms with van der Waals surface area (Å²) < 4.78 is 27.5. The molecule has 1 fully saturated rings. The standard InChI is InChI=1S/C17H17BrN2O4S/c18-14-4-6-16(7-5-14)25(23,24)20-10-8-19(9-11-20)17(22)13-2-1-3-15(21)12-13/h1-7,12,21H,8-11H2. The third-order valence-corrected chi connectivity index (χ3v) is 6.51. The van der Waals surface area contributed by atoms with Gasteiger partial charge in [-0.25, -0.2) is 8.42 Å². The Hall–Kier alpha value is -1.90. The number of carbonyl (C=O) groups is 1. The molecule has 2 aromatic rings. The van der Waals surface area contributed by atoms with Crippen LogP contribution in [0.4, 0.5) is 0 Å². The summed E-state index contributed by atoms with van der Waals surface area (Å²) in [6.45, 7) is 1.10. The van der Waals surface area contributed by atoms with Crippen molar-refractivity contribution in [3.63, 3.8) is 0 Å². The Kier molecular flexibility index (Phi) is 5.12. The van der Waals surface area contributed by atoms with Crippen LogP contribution in [0.1, 0.15) is 10.4 Å². The molecule has 0 saturated carbocycles. The monoisotopic (exact) mass is 424 g/mol. The number of piperazine rings is 1. The van der Waals surface area contributed by atoms with Gasteiger partial charge in [-0.1, -0.05) is 22.0 Å². The van der Waals surface area contributed by atoms with Gasteiger partial charge in [0.25, 0.3) is 5.91 Å². The van der Waals surface area contributed by atoms with E-state index < -0.39 is 10.0 Å². The summed E-state index contributed by atoms with van der Waals surface area (Å²) in [6.07, 6.45) is 0. The molecule has 0 unspecified atom stereocenters. The van der Waals surface area contributed by atoms with Crippen LogP contribution in [0.5, 0.6) is 5.75 Å². The average molecular weight is 425 g/mol. The SMILES string of the molecule is O=C(c1cccc(O)c1)N1CCN(S(=O)(=O)c2ccc(Br)cc2)CC1. The zero-order valence-electron chi connectivity index (χ0n) is 13.3. The lowest BCUT2D eigenvalue weighted by Gasteiger charge is -2.34. The molecule has 1 saturated heterocycles. The average Bonchev–Trinajstić information content (AvgIpc) is 2.61. The molecule has 0 atom stereocenters. The van der Waals surface area contributed by atoms with Gasteiger partial charge in [-0.15, -0.1) is 0 Å². The van der Waals surface area contributed by atoms with E-state index in [1.165, 1.54) is 16.4 Å². The summed E-state index contributed by atoms with van der Waals surface area (Å²) in [7, 11) is -3.56. The lowest BCUT2D eigenvalue weighted by atomic mass is 10.2. The molecule has 132 valence electrons. The normalized spacial score (nSPS) is 16.0. The van der Waals surface area contributed by atoms with Crippen LogP contribution in [0.2, 0.25) is 0 Å². The molecule has 0 aromatic heterocycles. The number of phenolic OH excluding ortho intramolecular Hbond substituents is 1. The Morgan fingerprint density at radius 1 is 1.00 bits per heavy atom.